The van der Waals surface area contributed by atoms with Crippen LogP contribution in [0.4, 0.5) is 5.69 Å². The Labute approximate surface area is 196 Å². The van der Waals surface area contributed by atoms with Gasteiger partial charge in [-0.15, -0.1) is 0 Å². The number of aliphatic hydroxyl groups is 1. The van der Waals surface area contributed by atoms with Crippen molar-refractivity contribution >= 4 is 17.5 Å². The Morgan fingerprint density at radius 2 is 1.91 bits per heavy atom. The highest BCUT2D eigenvalue weighted by Crippen LogP contribution is 2.29. The molecule has 2 amide bonds. The van der Waals surface area contributed by atoms with Crippen LogP contribution in [0.15, 0.2) is 66.7 Å². The van der Waals surface area contributed by atoms with Gasteiger partial charge in [-0.2, -0.15) is 0 Å². The zero-order chi connectivity index (χ0) is 23.6. The number of ether oxygens (including phenoxy) is 1. The Kier molecular flexibility index (Phi) is 9.22. The lowest BCUT2D eigenvalue weighted by atomic mass is 9.96. The predicted octanol–water partition coefficient (Wildman–Crippen LogP) is 4.10. The normalized spacial score (nSPS) is 15.7. The number of methoxy groups -OCH3 is 1. The molecule has 6 heteroatoms. The molecule has 1 heterocycles. The van der Waals surface area contributed by atoms with Gasteiger partial charge in [0.2, 0.25) is 11.8 Å². The highest BCUT2D eigenvalue weighted by Gasteiger charge is 2.23. The average molecular weight is 451 g/mol. The van der Waals surface area contributed by atoms with E-state index >= 15 is 0 Å². The van der Waals surface area contributed by atoms with Gasteiger partial charge in [-0.05, 0) is 29.7 Å². The zero-order valence-corrected chi connectivity index (χ0v) is 19.5. The van der Waals surface area contributed by atoms with Crippen LogP contribution in [0.2, 0.25) is 0 Å². The van der Waals surface area contributed by atoms with Crippen LogP contribution in [0.25, 0.3) is 0 Å². The molecule has 2 aromatic carbocycles. The minimum atomic E-state index is -0.155. The van der Waals surface area contributed by atoms with Crippen molar-refractivity contribution < 1.29 is 19.4 Å². The first kappa shape index (κ1) is 24.7. The number of hydrogen-bond acceptors (Lipinski definition) is 4. The molecule has 2 aromatic rings. The molecule has 3 rings (SSSR count). The third kappa shape index (κ3) is 6.76. The van der Waals surface area contributed by atoms with E-state index in [1.807, 2.05) is 71.6 Å². The molecule has 0 unspecified atom stereocenters. The van der Waals surface area contributed by atoms with E-state index in [1.165, 1.54) is 0 Å². The van der Waals surface area contributed by atoms with Gasteiger partial charge in [0, 0.05) is 51.2 Å². The number of amides is 2. The monoisotopic (exact) mass is 450 g/mol. The molecule has 1 saturated heterocycles. The molecule has 0 saturated carbocycles. The summed E-state index contributed by atoms with van der Waals surface area (Å²) in [5.74, 6) is 0.210. The number of anilines is 1. The highest BCUT2D eigenvalue weighted by molar-refractivity contribution is 5.95. The molecule has 0 radical (unpaired) electrons. The van der Waals surface area contributed by atoms with E-state index in [9.17, 15) is 14.7 Å². The van der Waals surface area contributed by atoms with Gasteiger partial charge in [0.25, 0.3) is 0 Å². The quantitative estimate of drug-likeness (QED) is 0.523. The standard InChI is InChI=1S/C27H34N2O4/c1-21(8-6-11-25(31)28(18-19-30)20-22-9-4-3-5-10-22)27(33-2)23-13-15-24(16-14-23)29-17-7-12-26(29)32/h3-6,8-10,13-16,21,27,30H,7,11-12,17-20H2,1-2H3/b8-6+/t21-,27+/m1/s1. The number of carbonyl (C=O) groups excluding carboxylic acids is 2. The van der Waals surface area contributed by atoms with E-state index in [1.54, 1.807) is 12.0 Å². The summed E-state index contributed by atoms with van der Waals surface area (Å²) in [6, 6.07) is 17.7. The van der Waals surface area contributed by atoms with E-state index in [2.05, 4.69) is 6.92 Å². The average Bonchev–Trinajstić information content (AvgIpc) is 3.26. The Morgan fingerprint density at radius 3 is 2.52 bits per heavy atom. The summed E-state index contributed by atoms with van der Waals surface area (Å²) in [5.41, 5.74) is 2.99. The highest BCUT2D eigenvalue weighted by atomic mass is 16.5. The summed E-state index contributed by atoms with van der Waals surface area (Å²) in [4.78, 5) is 28.2. The molecule has 33 heavy (non-hydrogen) atoms. The van der Waals surface area contributed by atoms with Gasteiger partial charge in [0.05, 0.1) is 12.7 Å². The van der Waals surface area contributed by atoms with Crippen molar-refractivity contribution in [1.82, 2.24) is 4.90 Å². The number of benzene rings is 2. The molecule has 176 valence electrons. The smallest absolute Gasteiger partial charge is 0.227 e. The van der Waals surface area contributed by atoms with E-state index in [0.717, 1.165) is 29.8 Å². The molecule has 6 nitrogen and oxygen atoms in total. The first-order valence-electron chi connectivity index (χ1n) is 11.6. The fourth-order valence-corrected chi connectivity index (χ4v) is 4.25. The minimum absolute atomic E-state index is 0.0232. The molecule has 1 N–H and O–H groups in total. The van der Waals surface area contributed by atoms with Gasteiger partial charge in [0.1, 0.15) is 0 Å². The van der Waals surface area contributed by atoms with Gasteiger partial charge in [0.15, 0.2) is 0 Å². The fraction of sp³-hybridized carbons (Fsp3) is 0.407. The van der Waals surface area contributed by atoms with E-state index in [4.69, 9.17) is 4.74 Å². The van der Waals surface area contributed by atoms with Crippen LogP contribution in [0, 0.1) is 5.92 Å². The maximum Gasteiger partial charge on any atom is 0.227 e. The lowest BCUT2D eigenvalue weighted by molar-refractivity contribution is -0.131. The number of carbonyl (C=O) groups is 2. The van der Waals surface area contributed by atoms with Gasteiger partial charge in [-0.25, -0.2) is 0 Å². The van der Waals surface area contributed by atoms with E-state index in [-0.39, 0.29) is 36.9 Å². The second-order valence-corrected chi connectivity index (χ2v) is 8.41. The minimum Gasteiger partial charge on any atom is -0.395 e. The van der Waals surface area contributed by atoms with Crippen molar-refractivity contribution in [2.45, 2.75) is 38.8 Å². The van der Waals surface area contributed by atoms with Crippen LogP contribution < -0.4 is 4.90 Å². The molecule has 1 fully saturated rings. The van der Waals surface area contributed by atoms with Crippen molar-refractivity contribution in [2.75, 3.05) is 31.7 Å². The third-order valence-electron chi connectivity index (χ3n) is 6.01. The second kappa shape index (κ2) is 12.3. The van der Waals surface area contributed by atoms with Crippen LogP contribution in [0.3, 0.4) is 0 Å². The van der Waals surface area contributed by atoms with E-state index < -0.39 is 0 Å². The topological polar surface area (TPSA) is 70.1 Å². The van der Waals surface area contributed by atoms with Gasteiger partial charge in [-0.3, -0.25) is 9.59 Å². The molecule has 2 atom stereocenters. The third-order valence-corrected chi connectivity index (χ3v) is 6.01. The number of rotatable bonds is 11. The lowest BCUT2D eigenvalue weighted by Crippen LogP contribution is -2.32. The Morgan fingerprint density at radius 1 is 1.18 bits per heavy atom. The molecular weight excluding hydrogens is 416 g/mol. The van der Waals surface area contributed by atoms with Crippen molar-refractivity contribution in [3.63, 3.8) is 0 Å². The van der Waals surface area contributed by atoms with Gasteiger partial charge >= 0.3 is 0 Å². The second-order valence-electron chi connectivity index (χ2n) is 8.41. The lowest BCUT2D eigenvalue weighted by Gasteiger charge is -2.23. The largest absolute Gasteiger partial charge is 0.395 e. The summed E-state index contributed by atoms with van der Waals surface area (Å²) in [5, 5.41) is 9.36. The molecular formula is C27H34N2O4. The predicted molar refractivity (Wildman–Crippen MR) is 130 cm³/mol. The summed E-state index contributed by atoms with van der Waals surface area (Å²) in [7, 11) is 1.68. The van der Waals surface area contributed by atoms with Crippen LogP contribution in [0.5, 0.6) is 0 Å². The van der Waals surface area contributed by atoms with Crippen LogP contribution in [0.1, 0.15) is 43.4 Å². The van der Waals surface area contributed by atoms with Crippen molar-refractivity contribution in [2.24, 2.45) is 5.92 Å². The maximum absolute atomic E-state index is 12.7. The number of nitrogens with zero attached hydrogens (tertiary/aromatic N) is 2. The molecule has 1 aliphatic heterocycles. The Balaban J connectivity index is 1.58. The SMILES string of the molecule is CO[C@H](c1ccc(N2CCCC2=O)cc1)[C@H](C)/C=C/CC(=O)N(CCO)Cc1ccccc1. The zero-order valence-electron chi connectivity index (χ0n) is 19.5. The summed E-state index contributed by atoms with van der Waals surface area (Å²) >= 11 is 0. The van der Waals surface area contributed by atoms with Crippen molar-refractivity contribution in [3.8, 4) is 0 Å². The molecule has 1 aliphatic rings. The van der Waals surface area contributed by atoms with E-state index in [0.29, 0.717) is 19.5 Å². The fourth-order valence-electron chi connectivity index (χ4n) is 4.25. The summed E-state index contributed by atoms with van der Waals surface area (Å²) < 4.78 is 5.75. The molecule has 0 aromatic heterocycles. The van der Waals surface area contributed by atoms with Gasteiger partial charge in [-0.1, -0.05) is 61.5 Å². The van der Waals surface area contributed by atoms with Crippen molar-refractivity contribution in [3.05, 3.63) is 77.9 Å². The van der Waals surface area contributed by atoms with Crippen LogP contribution in [-0.2, 0) is 20.9 Å². The summed E-state index contributed by atoms with van der Waals surface area (Å²) in [6.45, 7) is 3.56. The summed E-state index contributed by atoms with van der Waals surface area (Å²) in [6.07, 6.45) is 5.52. The Bertz CT molecular complexity index is 927. The first-order chi connectivity index (χ1) is 16.0. The maximum atomic E-state index is 12.7. The Hall–Kier alpha value is -2.96. The van der Waals surface area contributed by atoms with Gasteiger partial charge < -0.3 is 19.6 Å². The number of aliphatic hydroxyl groups excluding tert-OH is 1. The van der Waals surface area contributed by atoms with Crippen molar-refractivity contribution in [1.29, 1.82) is 0 Å². The molecule has 0 bridgehead atoms. The molecule has 0 aliphatic carbocycles. The van der Waals surface area contributed by atoms with Crippen LogP contribution in [-0.4, -0.2) is 48.6 Å². The molecule has 0 spiro atoms. The number of hydrogen-bond donors (Lipinski definition) is 1. The van der Waals surface area contributed by atoms with Crippen LogP contribution >= 0.6 is 0 Å². The first-order valence-corrected chi connectivity index (χ1v) is 11.6.